The molecule has 1 heterocycles. The van der Waals surface area contributed by atoms with Gasteiger partial charge in [0.1, 0.15) is 6.33 Å². The Morgan fingerprint density at radius 1 is 1.47 bits per heavy atom. The smallest absolute Gasteiger partial charge is 0.153 e. The molecule has 1 fully saturated rings. The lowest BCUT2D eigenvalue weighted by molar-refractivity contribution is 0.214. The van der Waals surface area contributed by atoms with Gasteiger partial charge in [-0.15, -0.1) is 0 Å². The minimum atomic E-state index is -0.234. The number of aliphatic hydroxyl groups excluding tert-OH is 1. The lowest BCUT2D eigenvalue weighted by atomic mass is 9.99. The number of nitrogens with zero attached hydrogens (tertiary/aromatic N) is 2. The van der Waals surface area contributed by atoms with Crippen molar-refractivity contribution in [1.29, 1.82) is 0 Å². The van der Waals surface area contributed by atoms with Crippen molar-refractivity contribution in [3.8, 4) is 0 Å². The number of anilines is 2. The van der Waals surface area contributed by atoms with E-state index in [2.05, 4.69) is 15.3 Å². The van der Waals surface area contributed by atoms with Crippen LogP contribution in [0.5, 0.6) is 0 Å². The minimum Gasteiger partial charge on any atom is -0.394 e. The maximum Gasteiger partial charge on any atom is 0.153 e. The molecule has 0 saturated heterocycles. The molecule has 0 atom stereocenters. The third-order valence-corrected chi connectivity index (χ3v) is 2.99. The van der Waals surface area contributed by atoms with Gasteiger partial charge in [0.15, 0.2) is 5.82 Å². The third kappa shape index (κ3) is 2.02. The zero-order chi connectivity index (χ0) is 10.7. The standard InChI is InChI=1S/C10H16N4O/c11-8-5-12-7-13-9(8)14-10(6-15)3-1-2-4-10/h5,7,15H,1-4,6,11H2,(H,12,13,14). The molecule has 0 aliphatic heterocycles. The van der Waals surface area contributed by atoms with Gasteiger partial charge in [-0.2, -0.15) is 0 Å². The summed E-state index contributed by atoms with van der Waals surface area (Å²) in [6, 6.07) is 0. The zero-order valence-corrected chi connectivity index (χ0v) is 8.61. The Morgan fingerprint density at radius 2 is 2.20 bits per heavy atom. The monoisotopic (exact) mass is 208 g/mol. The van der Waals surface area contributed by atoms with Crippen LogP contribution in [0.4, 0.5) is 11.5 Å². The van der Waals surface area contributed by atoms with Crippen LogP contribution in [0.25, 0.3) is 0 Å². The molecule has 1 aliphatic carbocycles. The highest BCUT2D eigenvalue weighted by molar-refractivity contribution is 5.60. The van der Waals surface area contributed by atoms with Crippen molar-refractivity contribution >= 4 is 11.5 Å². The van der Waals surface area contributed by atoms with Gasteiger partial charge in [0.05, 0.1) is 24.0 Å². The number of rotatable bonds is 3. The normalized spacial score (nSPS) is 19.0. The Bertz CT molecular complexity index is 336. The van der Waals surface area contributed by atoms with E-state index in [1.165, 1.54) is 6.33 Å². The van der Waals surface area contributed by atoms with E-state index in [4.69, 9.17) is 5.73 Å². The van der Waals surface area contributed by atoms with Gasteiger partial charge >= 0.3 is 0 Å². The molecule has 1 aromatic rings. The first-order valence-corrected chi connectivity index (χ1v) is 5.20. The zero-order valence-electron chi connectivity index (χ0n) is 8.61. The fraction of sp³-hybridized carbons (Fsp3) is 0.600. The molecular formula is C10H16N4O. The molecule has 1 aliphatic rings. The Morgan fingerprint density at radius 3 is 2.80 bits per heavy atom. The summed E-state index contributed by atoms with van der Waals surface area (Å²) in [6.45, 7) is 0.121. The Labute approximate surface area is 88.7 Å². The molecule has 1 aromatic heterocycles. The Hall–Kier alpha value is -1.36. The van der Waals surface area contributed by atoms with Crippen LogP contribution in [-0.2, 0) is 0 Å². The molecule has 0 bridgehead atoms. The van der Waals surface area contributed by atoms with Crippen molar-refractivity contribution in [3.63, 3.8) is 0 Å². The van der Waals surface area contributed by atoms with E-state index in [0.717, 1.165) is 25.7 Å². The number of aromatic nitrogens is 2. The predicted molar refractivity (Wildman–Crippen MR) is 58.4 cm³/mol. The van der Waals surface area contributed by atoms with Crippen LogP contribution in [0, 0.1) is 0 Å². The molecule has 0 radical (unpaired) electrons. The summed E-state index contributed by atoms with van der Waals surface area (Å²) in [5.41, 5.74) is 6.03. The van der Waals surface area contributed by atoms with Crippen molar-refractivity contribution < 1.29 is 5.11 Å². The number of nitrogens with one attached hydrogen (secondary N) is 1. The van der Waals surface area contributed by atoms with E-state index in [1.807, 2.05) is 0 Å². The van der Waals surface area contributed by atoms with Crippen molar-refractivity contribution in [3.05, 3.63) is 12.5 Å². The first kappa shape index (κ1) is 10.2. The summed E-state index contributed by atoms with van der Waals surface area (Å²) >= 11 is 0. The van der Waals surface area contributed by atoms with Crippen LogP contribution in [-0.4, -0.2) is 27.2 Å². The molecule has 1 saturated carbocycles. The summed E-state index contributed by atoms with van der Waals surface area (Å²) in [4.78, 5) is 7.91. The lowest BCUT2D eigenvalue weighted by Gasteiger charge is -2.28. The van der Waals surface area contributed by atoms with Crippen LogP contribution in [0.2, 0.25) is 0 Å². The average Bonchev–Trinajstić information content (AvgIpc) is 2.71. The van der Waals surface area contributed by atoms with Gasteiger partial charge in [0.25, 0.3) is 0 Å². The largest absolute Gasteiger partial charge is 0.394 e. The molecule has 2 rings (SSSR count). The van der Waals surface area contributed by atoms with E-state index in [0.29, 0.717) is 11.5 Å². The van der Waals surface area contributed by atoms with Gasteiger partial charge < -0.3 is 16.2 Å². The molecular weight excluding hydrogens is 192 g/mol. The van der Waals surface area contributed by atoms with Crippen LogP contribution in [0.1, 0.15) is 25.7 Å². The van der Waals surface area contributed by atoms with Gasteiger partial charge in [-0.3, -0.25) is 0 Å². The second-order valence-corrected chi connectivity index (χ2v) is 4.10. The van der Waals surface area contributed by atoms with Gasteiger partial charge in [-0.05, 0) is 12.8 Å². The molecule has 0 unspecified atom stereocenters. The molecule has 0 spiro atoms. The SMILES string of the molecule is Nc1cncnc1NC1(CO)CCCC1. The lowest BCUT2D eigenvalue weighted by Crippen LogP contribution is -2.39. The van der Waals surface area contributed by atoms with E-state index >= 15 is 0 Å². The summed E-state index contributed by atoms with van der Waals surface area (Å²) in [5.74, 6) is 0.626. The molecule has 0 amide bonds. The van der Waals surface area contributed by atoms with Crippen LogP contribution in [0.3, 0.4) is 0 Å². The van der Waals surface area contributed by atoms with Crippen LogP contribution >= 0.6 is 0 Å². The number of nitrogens with two attached hydrogens (primary N) is 1. The topological polar surface area (TPSA) is 84.1 Å². The van der Waals surface area contributed by atoms with E-state index < -0.39 is 0 Å². The number of aliphatic hydroxyl groups is 1. The summed E-state index contributed by atoms with van der Waals surface area (Å²) in [7, 11) is 0. The van der Waals surface area contributed by atoms with E-state index in [-0.39, 0.29) is 12.1 Å². The number of hydrogen-bond donors (Lipinski definition) is 3. The number of nitrogen functional groups attached to an aromatic ring is 1. The summed E-state index contributed by atoms with van der Waals surface area (Å²) in [5, 5.41) is 12.7. The minimum absolute atomic E-state index is 0.121. The third-order valence-electron chi connectivity index (χ3n) is 2.99. The van der Waals surface area contributed by atoms with Crippen molar-refractivity contribution in [2.45, 2.75) is 31.2 Å². The molecule has 15 heavy (non-hydrogen) atoms. The highest BCUT2D eigenvalue weighted by Crippen LogP contribution is 2.33. The molecule has 4 N–H and O–H groups in total. The average molecular weight is 208 g/mol. The quantitative estimate of drug-likeness (QED) is 0.683. The van der Waals surface area contributed by atoms with E-state index in [1.54, 1.807) is 6.20 Å². The van der Waals surface area contributed by atoms with E-state index in [9.17, 15) is 5.11 Å². The fourth-order valence-electron chi connectivity index (χ4n) is 2.07. The maximum atomic E-state index is 9.42. The molecule has 82 valence electrons. The fourth-order valence-corrected chi connectivity index (χ4v) is 2.07. The molecule has 5 heteroatoms. The van der Waals surface area contributed by atoms with Gasteiger partial charge in [0.2, 0.25) is 0 Å². The maximum absolute atomic E-state index is 9.42. The molecule has 5 nitrogen and oxygen atoms in total. The summed E-state index contributed by atoms with van der Waals surface area (Å²) < 4.78 is 0. The summed E-state index contributed by atoms with van der Waals surface area (Å²) in [6.07, 6.45) is 7.23. The first-order valence-electron chi connectivity index (χ1n) is 5.20. The van der Waals surface area contributed by atoms with Gasteiger partial charge in [-0.25, -0.2) is 9.97 Å². The second-order valence-electron chi connectivity index (χ2n) is 4.10. The van der Waals surface area contributed by atoms with Crippen molar-refractivity contribution in [2.75, 3.05) is 17.7 Å². The highest BCUT2D eigenvalue weighted by Gasteiger charge is 2.33. The van der Waals surface area contributed by atoms with Gasteiger partial charge in [0, 0.05) is 0 Å². The predicted octanol–water partition coefficient (Wildman–Crippen LogP) is 0.776. The Balaban J connectivity index is 2.16. The van der Waals surface area contributed by atoms with Crippen LogP contribution < -0.4 is 11.1 Å². The highest BCUT2D eigenvalue weighted by atomic mass is 16.3. The van der Waals surface area contributed by atoms with Crippen molar-refractivity contribution in [1.82, 2.24) is 9.97 Å². The first-order chi connectivity index (χ1) is 7.26. The molecule has 0 aromatic carbocycles. The van der Waals surface area contributed by atoms with Crippen molar-refractivity contribution in [2.24, 2.45) is 0 Å². The van der Waals surface area contributed by atoms with Crippen LogP contribution in [0.15, 0.2) is 12.5 Å². The number of hydrogen-bond acceptors (Lipinski definition) is 5. The Kier molecular flexibility index (Phi) is 2.73. The second kappa shape index (κ2) is 4.02. The van der Waals surface area contributed by atoms with Gasteiger partial charge in [-0.1, -0.05) is 12.8 Å².